The van der Waals surface area contributed by atoms with E-state index in [-0.39, 0.29) is 17.9 Å². The topological polar surface area (TPSA) is 119 Å². The van der Waals surface area contributed by atoms with Gasteiger partial charge in [-0.15, -0.1) is 0 Å². The summed E-state index contributed by atoms with van der Waals surface area (Å²) in [5.74, 6) is -0.374. The molecule has 1 aliphatic heterocycles. The number of methoxy groups -OCH3 is 1. The highest BCUT2D eigenvalue weighted by molar-refractivity contribution is 5.98. The summed E-state index contributed by atoms with van der Waals surface area (Å²) in [7, 11) is 1.28. The van der Waals surface area contributed by atoms with Crippen LogP contribution in [0.2, 0.25) is 0 Å². The maximum absolute atomic E-state index is 12.9. The van der Waals surface area contributed by atoms with E-state index in [0.29, 0.717) is 36.3 Å². The monoisotopic (exact) mass is 468 g/mol. The van der Waals surface area contributed by atoms with Crippen LogP contribution in [0.3, 0.4) is 0 Å². The van der Waals surface area contributed by atoms with E-state index < -0.39 is 17.8 Å². The van der Waals surface area contributed by atoms with Crippen LogP contribution in [0, 0.1) is 5.92 Å². The zero-order valence-electron chi connectivity index (χ0n) is 20.2. The Kier molecular flexibility index (Phi) is 7.75. The Labute approximate surface area is 199 Å². The Hall–Kier alpha value is -3.62. The highest BCUT2D eigenvalue weighted by Crippen LogP contribution is 2.34. The van der Waals surface area contributed by atoms with E-state index >= 15 is 0 Å². The Balaban J connectivity index is 2.01. The summed E-state index contributed by atoms with van der Waals surface area (Å²) in [5.41, 5.74) is 2.70. The average Bonchev–Trinajstić information content (AvgIpc) is 2.76. The molecule has 2 aromatic rings. The van der Waals surface area contributed by atoms with Gasteiger partial charge in [-0.05, 0) is 63.4 Å². The Morgan fingerprint density at radius 2 is 1.88 bits per heavy atom. The number of rotatable bonds is 2. The van der Waals surface area contributed by atoms with Gasteiger partial charge in [0.1, 0.15) is 5.60 Å². The second-order valence-corrected chi connectivity index (χ2v) is 9.37. The van der Waals surface area contributed by atoms with Crippen molar-refractivity contribution in [3.8, 4) is 11.1 Å². The van der Waals surface area contributed by atoms with Gasteiger partial charge in [-0.2, -0.15) is 0 Å². The fourth-order valence-corrected chi connectivity index (χ4v) is 3.71. The van der Waals surface area contributed by atoms with Crippen LogP contribution in [0.1, 0.15) is 58.7 Å². The zero-order valence-corrected chi connectivity index (χ0v) is 20.2. The molecule has 0 saturated heterocycles. The fourth-order valence-electron chi connectivity index (χ4n) is 3.71. The molecule has 3 N–H and O–H groups in total. The molecule has 1 aliphatic rings. The fraction of sp³-hybridized carbons (Fsp3) is 0.440. The summed E-state index contributed by atoms with van der Waals surface area (Å²) in [6, 6.07) is 8.60. The van der Waals surface area contributed by atoms with Crippen molar-refractivity contribution < 1.29 is 23.9 Å². The van der Waals surface area contributed by atoms with Crippen LogP contribution < -0.4 is 16.0 Å². The number of anilines is 2. The number of pyridine rings is 1. The molecule has 2 heterocycles. The number of ether oxygens (including phenoxy) is 2. The number of alkyl carbamates (subject to hydrolysis) is 1. The number of fused-ring (bicyclic) bond motifs is 4. The third-order valence-electron chi connectivity index (χ3n) is 5.43. The molecule has 0 radical (unpaired) electrons. The quantitative estimate of drug-likeness (QED) is 0.554. The van der Waals surface area contributed by atoms with Gasteiger partial charge in [-0.25, -0.2) is 9.59 Å². The third-order valence-corrected chi connectivity index (χ3v) is 5.43. The molecule has 1 aromatic heterocycles. The molecule has 34 heavy (non-hydrogen) atoms. The largest absolute Gasteiger partial charge is 0.453 e. The molecule has 9 heteroatoms. The summed E-state index contributed by atoms with van der Waals surface area (Å²) < 4.78 is 10.1. The average molecular weight is 469 g/mol. The lowest BCUT2D eigenvalue weighted by molar-refractivity contribution is -0.119. The van der Waals surface area contributed by atoms with E-state index in [1.54, 1.807) is 18.3 Å². The van der Waals surface area contributed by atoms with E-state index in [1.807, 2.05) is 45.9 Å². The van der Waals surface area contributed by atoms with Crippen molar-refractivity contribution in [2.75, 3.05) is 17.7 Å². The molecule has 3 rings (SSSR count). The molecule has 2 bridgehead atoms. The van der Waals surface area contributed by atoms with Crippen molar-refractivity contribution in [2.45, 2.75) is 58.6 Å². The predicted molar refractivity (Wildman–Crippen MR) is 129 cm³/mol. The lowest BCUT2D eigenvalue weighted by Gasteiger charge is -2.25. The molecule has 1 aromatic carbocycles. The van der Waals surface area contributed by atoms with Crippen LogP contribution in [-0.4, -0.2) is 35.8 Å². The van der Waals surface area contributed by atoms with Gasteiger partial charge in [0, 0.05) is 23.4 Å². The Morgan fingerprint density at radius 1 is 1.12 bits per heavy atom. The highest BCUT2D eigenvalue weighted by Gasteiger charge is 2.24. The first-order valence-corrected chi connectivity index (χ1v) is 11.3. The molecule has 0 saturated carbocycles. The molecule has 0 aliphatic carbocycles. The number of benzene rings is 1. The molecule has 9 nitrogen and oxygen atoms in total. The zero-order chi connectivity index (χ0) is 24.9. The number of amides is 3. The molecular formula is C25H32N4O5. The molecule has 2 atom stereocenters. The van der Waals surface area contributed by atoms with Crippen LogP contribution in [-0.2, 0) is 14.3 Å². The van der Waals surface area contributed by atoms with Gasteiger partial charge in [0.15, 0.2) is 0 Å². The van der Waals surface area contributed by atoms with Crippen molar-refractivity contribution >= 4 is 29.5 Å². The lowest BCUT2D eigenvalue weighted by atomic mass is 9.95. The minimum Gasteiger partial charge on any atom is -0.453 e. The maximum Gasteiger partial charge on any atom is 0.411 e. The molecule has 0 spiro atoms. The number of carbonyl (C=O) groups is 3. The Morgan fingerprint density at radius 3 is 2.59 bits per heavy atom. The van der Waals surface area contributed by atoms with E-state index in [9.17, 15) is 14.4 Å². The van der Waals surface area contributed by atoms with Gasteiger partial charge in [-0.3, -0.25) is 15.1 Å². The maximum atomic E-state index is 12.9. The summed E-state index contributed by atoms with van der Waals surface area (Å²) in [6.07, 6.45) is 2.51. The van der Waals surface area contributed by atoms with Gasteiger partial charge in [0.05, 0.1) is 24.5 Å². The first-order chi connectivity index (χ1) is 16.1. The van der Waals surface area contributed by atoms with Crippen molar-refractivity contribution in [3.63, 3.8) is 0 Å². The normalized spacial score (nSPS) is 18.3. The lowest BCUT2D eigenvalue weighted by Crippen LogP contribution is -2.35. The van der Waals surface area contributed by atoms with Crippen LogP contribution in [0.4, 0.5) is 21.0 Å². The van der Waals surface area contributed by atoms with E-state index in [4.69, 9.17) is 4.74 Å². The molecule has 182 valence electrons. The predicted octanol–water partition coefficient (Wildman–Crippen LogP) is 5.25. The van der Waals surface area contributed by atoms with Gasteiger partial charge in [0.2, 0.25) is 5.91 Å². The summed E-state index contributed by atoms with van der Waals surface area (Å²) in [6.45, 7) is 7.30. The molecule has 0 fully saturated rings. The summed E-state index contributed by atoms with van der Waals surface area (Å²) >= 11 is 0. The van der Waals surface area contributed by atoms with Crippen molar-refractivity contribution in [1.29, 1.82) is 0 Å². The summed E-state index contributed by atoms with van der Waals surface area (Å²) in [5, 5.41) is 8.56. The molecular weight excluding hydrogens is 436 g/mol. The van der Waals surface area contributed by atoms with Gasteiger partial charge < -0.3 is 20.1 Å². The van der Waals surface area contributed by atoms with Gasteiger partial charge in [0.25, 0.3) is 0 Å². The summed E-state index contributed by atoms with van der Waals surface area (Å²) in [4.78, 5) is 41.6. The smallest absolute Gasteiger partial charge is 0.411 e. The van der Waals surface area contributed by atoms with Crippen LogP contribution >= 0.6 is 0 Å². The second-order valence-electron chi connectivity index (χ2n) is 9.37. The minimum atomic E-state index is -0.619. The van der Waals surface area contributed by atoms with Crippen molar-refractivity contribution in [2.24, 2.45) is 5.92 Å². The van der Waals surface area contributed by atoms with E-state index in [0.717, 1.165) is 11.1 Å². The number of nitrogens with zero attached hydrogens (tertiary/aromatic N) is 1. The van der Waals surface area contributed by atoms with E-state index in [2.05, 4.69) is 25.7 Å². The number of hydrogen-bond acceptors (Lipinski definition) is 6. The first-order valence-electron chi connectivity index (χ1n) is 11.3. The number of carbonyl (C=O) groups excluding carboxylic acids is 3. The number of nitrogens with one attached hydrogen (secondary N) is 3. The van der Waals surface area contributed by atoms with Crippen LogP contribution in [0.5, 0.6) is 0 Å². The SMILES string of the molecule is COC(=O)Nc1ccc2c(c1)NC(=O)[C@H](C)CCC[C@H](NC(=O)OC(C)(C)C)c1cc-2ccn1. The number of aromatic nitrogens is 1. The van der Waals surface area contributed by atoms with Crippen LogP contribution in [0.25, 0.3) is 11.1 Å². The molecule has 3 amide bonds. The third kappa shape index (κ3) is 6.69. The van der Waals surface area contributed by atoms with Gasteiger partial charge in [-0.1, -0.05) is 19.4 Å². The highest BCUT2D eigenvalue weighted by atomic mass is 16.6. The Bertz CT molecular complexity index is 1060. The second kappa shape index (κ2) is 10.5. The van der Waals surface area contributed by atoms with Gasteiger partial charge >= 0.3 is 12.2 Å². The first kappa shape index (κ1) is 25.0. The number of hydrogen-bond donors (Lipinski definition) is 3. The van der Waals surface area contributed by atoms with Crippen molar-refractivity contribution in [3.05, 3.63) is 42.2 Å². The standard InChI is InChI=1S/C25H32N4O5/c1-15-7-6-8-19(29-24(32)34-25(2,3)4)21-13-16(11-12-26-21)18-10-9-17(27-23(31)33-5)14-20(18)28-22(15)30/h9-15,19H,6-8H2,1-5H3,(H,27,31)(H,28,30)(H,29,32)/t15-,19+/m1/s1. The minimum absolute atomic E-state index is 0.122. The van der Waals surface area contributed by atoms with Crippen LogP contribution in [0.15, 0.2) is 36.5 Å². The molecule has 0 unspecified atom stereocenters. The van der Waals surface area contributed by atoms with Crippen molar-refractivity contribution in [1.82, 2.24) is 10.3 Å². The van der Waals surface area contributed by atoms with E-state index in [1.165, 1.54) is 7.11 Å².